The molecular weight excluding hydrogens is 212 g/mol. The number of ether oxygens (including phenoxy) is 1. The van der Waals surface area contributed by atoms with Crippen LogP contribution in [0.4, 0.5) is 0 Å². The van der Waals surface area contributed by atoms with E-state index in [0.717, 1.165) is 18.8 Å². The Kier molecular flexibility index (Phi) is 4.40. The second kappa shape index (κ2) is 6.03. The first-order valence-electron chi connectivity index (χ1n) is 6.37. The summed E-state index contributed by atoms with van der Waals surface area (Å²) in [6.07, 6.45) is 2.56. The maximum Gasteiger partial charge on any atom is 0.119 e. The van der Waals surface area contributed by atoms with Crippen molar-refractivity contribution in [1.29, 1.82) is 0 Å². The van der Waals surface area contributed by atoms with Gasteiger partial charge in [-0.3, -0.25) is 0 Å². The molecule has 1 heterocycles. The average molecular weight is 234 g/mol. The number of benzene rings is 1. The molecule has 2 rings (SSSR count). The van der Waals surface area contributed by atoms with Crippen molar-refractivity contribution < 1.29 is 4.74 Å². The van der Waals surface area contributed by atoms with Crippen LogP contribution in [-0.4, -0.2) is 27.2 Å². The lowest BCUT2D eigenvalue weighted by atomic mass is 9.87. The van der Waals surface area contributed by atoms with Crippen molar-refractivity contribution in [2.24, 2.45) is 5.92 Å². The van der Waals surface area contributed by atoms with Gasteiger partial charge in [0, 0.05) is 6.04 Å². The summed E-state index contributed by atoms with van der Waals surface area (Å²) in [6, 6.07) is 8.79. The number of hydrogen-bond donors (Lipinski definition) is 2. The van der Waals surface area contributed by atoms with Crippen molar-refractivity contribution in [2.75, 3.05) is 27.2 Å². The van der Waals surface area contributed by atoms with Crippen molar-refractivity contribution in [3.8, 4) is 5.75 Å². The van der Waals surface area contributed by atoms with Crippen LogP contribution in [-0.2, 0) is 0 Å². The zero-order valence-electron chi connectivity index (χ0n) is 10.7. The van der Waals surface area contributed by atoms with Gasteiger partial charge in [0.25, 0.3) is 0 Å². The molecule has 2 unspecified atom stereocenters. The molecule has 0 amide bonds. The van der Waals surface area contributed by atoms with E-state index in [1.807, 2.05) is 13.1 Å². The third kappa shape index (κ3) is 2.99. The maximum absolute atomic E-state index is 5.29. The Balaban J connectivity index is 2.15. The van der Waals surface area contributed by atoms with Crippen LogP contribution in [0.3, 0.4) is 0 Å². The Hall–Kier alpha value is -1.06. The van der Waals surface area contributed by atoms with Crippen LogP contribution in [0.5, 0.6) is 5.75 Å². The highest BCUT2D eigenvalue weighted by atomic mass is 16.5. The van der Waals surface area contributed by atoms with Gasteiger partial charge in [-0.05, 0) is 56.6 Å². The van der Waals surface area contributed by atoms with Crippen molar-refractivity contribution in [2.45, 2.75) is 18.9 Å². The molecule has 0 bridgehead atoms. The summed E-state index contributed by atoms with van der Waals surface area (Å²) < 4.78 is 5.29. The zero-order valence-corrected chi connectivity index (χ0v) is 10.7. The second-order valence-corrected chi connectivity index (χ2v) is 4.65. The fraction of sp³-hybridized carbons (Fsp3) is 0.571. The minimum Gasteiger partial charge on any atom is -0.497 e. The molecule has 1 aromatic carbocycles. The smallest absolute Gasteiger partial charge is 0.119 e. The summed E-state index contributed by atoms with van der Waals surface area (Å²) >= 11 is 0. The molecule has 1 saturated heterocycles. The molecule has 1 aliphatic heterocycles. The highest BCUT2D eigenvalue weighted by molar-refractivity contribution is 5.31. The molecule has 0 aliphatic carbocycles. The number of piperidine rings is 1. The van der Waals surface area contributed by atoms with E-state index >= 15 is 0 Å². The first-order valence-corrected chi connectivity index (χ1v) is 6.37. The highest BCUT2D eigenvalue weighted by Crippen LogP contribution is 2.28. The van der Waals surface area contributed by atoms with E-state index in [2.05, 4.69) is 28.8 Å². The second-order valence-electron chi connectivity index (χ2n) is 4.65. The Labute approximate surface area is 104 Å². The molecule has 1 aliphatic rings. The number of methoxy groups -OCH3 is 1. The number of rotatable bonds is 4. The summed E-state index contributed by atoms with van der Waals surface area (Å²) in [5.74, 6) is 1.60. The van der Waals surface area contributed by atoms with E-state index in [4.69, 9.17) is 4.74 Å². The fourth-order valence-corrected chi connectivity index (χ4v) is 2.67. The predicted octanol–water partition coefficient (Wildman–Crippen LogP) is 1.96. The van der Waals surface area contributed by atoms with Gasteiger partial charge in [-0.2, -0.15) is 0 Å². The predicted molar refractivity (Wildman–Crippen MR) is 70.4 cm³/mol. The van der Waals surface area contributed by atoms with Crippen LogP contribution < -0.4 is 15.4 Å². The molecule has 3 heteroatoms. The van der Waals surface area contributed by atoms with Gasteiger partial charge in [0.05, 0.1) is 7.11 Å². The van der Waals surface area contributed by atoms with Crippen LogP contribution in [0, 0.1) is 5.92 Å². The minimum atomic E-state index is 0.415. The largest absolute Gasteiger partial charge is 0.497 e. The van der Waals surface area contributed by atoms with Gasteiger partial charge in [0.1, 0.15) is 5.75 Å². The summed E-state index contributed by atoms with van der Waals surface area (Å²) in [6.45, 7) is 2.26. The molecule has 2 N–H and O–H groups in total. The summed E-state index contributed by atoms with van der Waals surface area (Å²) in [4.78, 5) is 0. The Morgan fingerprint density at radius 2 is 2.35 bits per heavy atom. The van der Waals surface area contributed by atoms with Crippen molar-refractivity contribution in [3.05, 3.63) is 29.8 Å². The van der Waals surface area contributed by atoms with Gasteiger partial charge in [0.2, 0.25) is 0 Å². The van der Waals surface area contributed by atoms with Gasteiger partial charge in [-0.25, -0.2) is 0 Å². The topological polar surface area (TPSA) is 33.3 Å². The quantitative estimate of drug-likeness (QED) is 0.835. The average Bonchev–Trinajstić information content (AvgIpc) is 2.41. The summed E-state index contributed by atoms with van der Waals surface area (Å²) in [5, 5.41) is 6.92. The highest BCUT2D eigenvalue weighted by Gasteiger charge is 2.23. The summed E-state index contributed by atoms with van der Waals surface area (Å²) in [7, 11) is 3.76. The third-order valence-electron chi connectivity index (χ3n) is 3.57. The Bertz CT molecular complexity index is 348. The Morgan fingerprint density at radius 3 is 3.00 bits per heavy atom. The first-order chi connectivity index (χ1) is 8.35. The van der Waals surface area contributed by atoms with Gasteiger partial charge in [0.15, 0.2) is 0 Å². The molecule has 0 spiro atoms. The van der Waals surface area contributed by atoms with Crippen LogP contribution in [0.15, 0.2) is 24.3 Å². The monoisotopic (exact) mass is 234 g/mol. The third-order valence-corrected chi connectivity index (χ3v) is 3.57. The minimum absolute atomic E-state index is 0.415. The molecule has 1 aromatic rings. The summed E-state index contributed by atoms with van der Waals surface area (Å²) in [5.41, 5.74) is 1.32. The fourth-order valence-electron chi connectivity index (χ4n) is 2.67. The van der Waals surface area contributed by atoms with Crippen LogP contribution in [0.1, 0.15) is 24.4 Å². The lowest BCUT2D eigenvalue weighted by molar-refractivity contribution is 0.297. The van der Waals surface area contributed by atoms with Gasteiger partial charge in [-0.15, -0.1) is 0 Å². The van der Waals surface area contributed by atoms with Gasteiger partial charge >= 0.3 is 0 Å². The van der Waals surface area contributed by atoms with E-state index in [-0.39, 0.29) is 0 Å². The van der Waals surface area contributed by atoms with Crippen LogP contribution >= 0.6 is 0 Å². The maximum atomic E-state index is 5.29. The number of nitrogens with one attached hydrogen (secondary N) is 2. The normalized spacial score (nSPS) is 22.1. The molecule has 0 radical (unpaired) electrons. The molecular formula is C14H22N2O. The lowest BCUT2D eigenvalue weighted by Gasteiger charge is -2.31. The molecule has 0 aromatic heterocycles. The zero-order chi connectivity index (χ0) is 12.1. The van der Waals surface area contributed by atoms with Crippen molar-refractivity contribution >= 4 is 0 Å². The molecule has 1 fully saturated rings. The molecule has 94 valence electrons. The van der Waals surface area contributed by atoms with E-state index < -0.39 is 0 Å². The molecule has 17 heavy (non-hydrogen) atoms. The first kappa shape index (κ1) is 12.4. The number of hydrogen-bond acceptors (Lipinski definition) is 3. The van der Waals surface area contributed by atoms with E-state index in [0.29, 0.717) is 12.0 Å². The Morgan fingerprint density at radius 1 is 1.47 bits per heavy atom. The SMILES string of the molecule is CNC(c1cccc(OC)c1)C1CCCNC1. The molecule has 3 nitrogen and oxygen atoms in total. The lowest BCUT2D eigenvalue weighted by Crippen LogP contribution is -2.37. The van der Waals surface area contributed by atoms with E-state index in [9.17, 15) is 0 Å². The standard InChI is InChI=1S/C14H22N2O/c1-15-14(12-6-4-8-16-10-12)11-5-3-7-13(9-11)17-2/h3,5,7,9,12,14-16H,4,6,8,10H2,1-2H3. The van der Waals surface area contributed by atoms with Crippen molar-refractivity contribution in [3.63, 3.8) is 0 Å². The van der Waals surface area contributed by atoms with Crippen molar-refractivity contribution in [1.82, 2.24) is 10.6 Å². The van der Waals surface area contributed by atoms with E-state index in [1.165, 1.54) is 18.4 Å². The molecule has 2 atom stereocenters. The van der Waals surface area contributed by atoms with Crippen LogP contribution in [0.25, 0.3) is 0 Å². The van der Waals surface area contributed by atoms with Crippen LogP contribution in [0.2, 0.25) is 0 Å². The van der Waals surface area contributed by atoms with Gasteiger partial charge < -0.3 is 15.4 Å². The van der Waals surface area contributed by atoms with Gasteiger partial charge in [-0.1, -0.05) is 12.1 Å². The van der Waals surface area contributed by atoms with E-state index in [1.54, 1.807) is 7.11 Å². The molecule has 0 saturated carbocycles.